The van der Waals surface area contributed by atoms with E-state index in [2.05, 4.69) is 117 Å². The van der Waals surface area contributed by atoms with Crippen molar-refractivity contribution in [1.82, 2.24) is 39.6 Å². The summed E-state index contributed by atoms with van der Waals surface area (Å²) in [7, 11) is 0. The predicted molar refractivity (Wildman–Crippen MR) is 233 cm³/mol. The second-order valence-electron chi connectivity index (χ2n) is 20.3. The summed E-state index contributed by atoms with van der Waals surface area (Å²) in [4.78, 5) is 24.4. The molecule has 0 N–H and O–H groups in total. The van der Waals surface area contributed by atoms with E-state index in [1.165, 1.54) is 18.0 Å². The highest BCUT2D eigenvalue weighted by molar-refractivity contribution is 7.05. The molecule has 0 bridgehead atoms. The van der Waals surface area contributed by atoms with Gasteiger partial charge in [0, 0.05) is 41.7 Å². The number of rotatable bonds is 1. The molecule has 336 valence electrons. The Balaban J connectivity index is 0.000000366. The van der Waals surface area contributed by atoms with Crippen molar-refractivity contribution in [2.75, 3.05) is 13.1 Å². The Hall–Kier alpha value is -5.21. The zero-order chi connectivity index (χ0) is 47.1. The number of hydrogen-bond donors (Lipinski definition) is 0. The Morgan fingerprint density at radius 3 is 1.59 bits per heavy atom. The fraction of sp³-hybridized carbons (Fsp3) is 0.705. The van der Waals surface area contributed by atoms with Gasteiger partial charge in [-0.15, -0.1) is 5.10 Å². The van der Waals surface area contributed by atoms with E-state index in [0.29, 0.717) is 18.2 Å². The second-order valence-corrected chi connectivity index (χ2v) is 21.3. The van der Waals surface area contributed by atoms with Gasteiger partial charge in [0.25, 0.3) is 0 Å². The average molecular weight is 864 g/mol. The summed E-state index contributed by atoms with van der Waals surface area (Å²) in [5.74, 6) is 5.17. The Bertz CT molecular complexity index is 1940. The molecule has 4 aromatic rings. The van der Waals surface area contributed by atoms with Crippen LogP contribution in [0.4, 0.5) is 0 Å². The fourth-order valence-corrected chi connectivity index (χ4v) is 5.32. The van der Waals surface area contributed by atoms with E-state index >= 15 is 0 Å². The maximum absolute atomic E-state index is 10.3. The first-order valence-electron chi connectivity index (χ1n) is 20.4. The molecular weight excluding hydrogens is 795 g/mol. The summed E-state index contributed by atoms with van der Waals surface area (Å²) >= 11 is 1.47. The van der Waals surface area contributed by atoms with E-state index in [9.17, 15) is 4.79 Å². The van der Waals surface area contributed by atoms with E-state index in [4.69, 9.17) is 33.9 Å². The van der Waals surface area contributed by atoms with Crippen LogP contribution in [0.3, 0.4) is 0 Å². The van der Waals surface area contributed by atoms with Crippen molar-refractivity contribution in [3.63, 3.8) is 0 Å². The number of carbonyl (C=O) groups is 1. The van der Waals surface area contributed by atoms with Gasteiger partial charge < -0.3 is 23.0 Å². The minimum Gasteiger partial charge on any atom is -0.461 e. The quantitative estimate of drug-likeness (QED) is 0.128. The van der Waals surface area contributed by atoms with Crippen LogP contribution in [-0.2, 0) is 31.2 Å². The molecule has 0 spiro atoms. The highest BCUT2D eigenvalue weighted by atomic mass is 32.1. The molecule has 0 aliphatic carbocycles. The third-order valence-corrected chi connectivity index (χ3v) is 9.42. The van der Waals surface area contributed by atoms with Crippen molar-refractivity contribution in [3.05, 3.63) is 52.2 Å². The molecule has 17 heteroatoms. The van der Waals surface area contributed by atoms with Crippen LogP contribution < -0.4 is 0 Å². The van der Waals surface area contributed by atoms with Gasteiger partial charge >= 0.3 is 17.8 Å². The van der Waals surface area contributed by atoms with Gasteiger partial charge in [0.2, 0.25) is 11.8 Å². The first-order valence-corrected chi connectivity index (χ1v) is 21.1. The molecule has 0 aromatic carbocycles. The number of likely N-dealkylation sites (tertiary alicyclic amines) is 1. The molecular formula is C44H69N11O5S. The average Bonchev–Trinajstić information content (AvgIpc) is 3.96. The number of aromatic nitrogens is 7. The van der Waals surface area contributed by atoms with Gasteiger partial charge in [-0.2, -0.15) is 25.1 Å². The van der Waals surface area contributed by atoms with Crippen LogP contribution in [0.15, 0.2) is 19.6 Å². The molecule has 6 rings (SSSR count). The van der Waals surface area contributed by atoms with Gasteiger partial charge in [-0.1, -0.05) is 128 Å². The minimum atomic E-state index is -0.178. The summed E-state index contributed by atoms with van der Waals surface area (Å²) in [5, 5.41) is 37.4. The van der Waals surface area contributed by atoms with Crippen molar-refractivity contribution >= 4 is 17.5 Å². The first kappa shape index (κ1) is 53.8. The third-order valence-electron chi connectivity index (χ3n) is 8.80. The summed E-state index contributed by atoms with van der Waals surface area (Å²) in [5.41, 5.74) is -0.0133. The summed E-state index contributed by atoms with van der Waals surface area (Å²) < 4.78 is 24.1. The predicted octanol–water partition coefficient (Wildman–Crippen LogP) is 9.70. The van der Waals surface area contributed by atoms with Gasteiger partial charge in [-0.05, 0) is 42.1 Å². The first-order chi connectivity index (χ1) is 27.8. The number of nitriles is 3. The van der Waals surface area contributed by atoms with E-state index in [-0.39, 0.29) is 50.9 Å². The Kier molecular flexibility index (Phi) is 19.9. The smallest absolute Gasteiger partial charge is 0.321 e. The lowest BCUT2D eigenvalue weighted by Crippen LogP contribution is -2.42. The number of esters is 1. The minimum absolute atomic E-state index is 0.00222. The maximum Gasteiger partial charge on any atom is 0.321 e. The number of carbonyl (C=O) groups excluding carboxylic acids is 1. The monoisotopic (exact) mass is 864 g/mol. The van der Waals surface area contributed by atoms with Crippen LogP contribution in [0, 0.1) is 65.2 Å². The zero-order valence-corrected chi connectivity index (χ0v) is 40.8. The lowest BCUT2D eigenvalue weighted by Gasteiger charge is -2.36. The van der Waals surface area contributed by atoms with E-state index < -0.39 is 0 Å². The third kappa shape index (κ3) is 19.8. The van der Waals surface area contributed by atoms with Crippen LogP contribution in [0.1, 0.15) is 177 Å². The van der Waals surface area contributed by atoms with Crippen molar-refractivity contribution in [2.24, 2.45) is 17.3 Å². The molecule has 0 saturated carbocycles. The molecule has 0 amide bonds. The van der Waals surface area contributed by atoms with Crippen LogP contribution in [0.2, 0.25) is 0 Å². The molecule has 2 aliphatic heterocycles. The largest absolute Gasteiger partial charge is 0.461 e. The van der Waals surface area contributed by atoms with Gasteiger partial charge in [0.1, 0.15) is 22.7 Å². The van der Waals surface area contributed by atoms with Crippen LogP contribution >= 0.6 is 11.5 Å². The number of ether oxygens (including phenoxy) is 1. The lowest BCUT2D eigenvalue weighted by atomic mass is 9.85. The van der Waals surface area contributed by atoms with Gasteiger partial charge in [0.15, 0.2) is 24.2 Å². The summed E-state index contributed by atoms with van der Waals surface area (Å²) in [6, 6.07) is 3.62. The number of nitrogens with zero attached hydrogens (tertiary/aromatic N) is 11. The van der Waals surface area contributed by atoms with Crippen molar-refractivity contribution in [1.29, 1.82) is 15.8 Å². The SMILES string of the molecule is CC(C)(C)C1CC(=O)O1.CC(C)(C)c1cnc(C#N)o1.CC(C)(C)c1nnc(C#N)o1.CC(C)C1CCN(C#N)C1.Cc1nc(C(C)(C)C)no1.Cc1nc(C(C)(C)C)ns1. The van der Waals surface area contributed by atoms with E-state index in [1.807, 2.05) is 59.4 Å². The van der Waals surface area contributed by atoms with Crippen molar-refractivity contribution < 1.29 is 22.9 Å². The molecule has 16 nitrogen and oxygen atoms in total. The Labute approximate surface area is 367 Å². The molecule has 6 heterocycles. The van der Waals surface area contributed by atoms with Crippen LogP contribution in [0.25, 0.3) is 0 Å². The summed E-state index contributed by atoms with van der Waals surface area (Å²) in [6.45, 7) is 40.8. The van der Waals surface area contributed by atoms with Crippen LogP contribution in [-0.4, -0.2) is 64.7 Å². The molecule has 61 heavy (non-hydrogen) atoms. The second kappa shape index (κ2) is 22.6. The van der Waals surface area contributed by atoms with Gasteiger partial charge in [-0.3, -0.25) is 4.79 Å². The molecule has 4 aromatic heterocycles. The molecule has 2 saturated heterocycles. The topological polar surface area (TPSA) is 231 Å². The molecule has 2 unspecified atom stereocenters. The standard InChI is InChI=1S/C8H10N2O.C8H14N2.C7H9N3O.C7H12N2O.C7H12N2S.C7H12O2/c1-8(2,3)6-5-10-7(4-9)11-6;1-7(2)8-3-4-10(5-8)6-9;1-7(2,3)6-10-9-5(4-8)11-6;2*1-5-8-6(9-10-5)7(2,3)4;1-7(2,3)5-4-6(8)9-5/h5H,1-3H3;7-8H,3-5H2,1-2H3;1-3H3;2*1-4H3;5H,4H2,1-3H3. The number of oxazole rings is 1. The Morgan fingerprint density at radius 2 is 1.36 bits per heavy atom. The maximum atomic E-state index is 10.3. The Morgan fingerprint density at radius 1 is 0.787 bits per heavy atom. The summed E-state index contributed by atoms with van der Waals surface area (Å²) in [6.07, 6.45) is 5.74. The number of aryl methyl sites for hydroxylation is 2. The number of cyclic esters (lactones) is 1. The van der Waals surface area contributed by atoms with Crippen molar-refractivity contribution in [2.45, 2.75) is 172 Å². The molecule has 2 atom stereocenters. The highest BCUT2D eigenvalue weighted by Crippen LogP contribution is 2.31. The van der Waals surface area contributed by atoms with E-state index in [1.54, 1.807) is 19.2 Å². The van der Waals surface area contributed by atoms with E-state index in [0.717, 1.165) is 47.3 Å². The van der Waals surface area contributed by atoms with Crippen LogP contribution in [0.5, 0.6) is 0 Å². The van der Waals surface area contributed by atoms with Gasteiger partial charge in [-0.25, -0.2) is 9.97 Å². The molecule has 2 fully saturated rings. The zero-order valence-electron chi connectivity index (χ0n) is 40.0. The lowest BCUT2D eigenvalue weighted by molar-refractivity contribution is -0.180. The molecule has 2 aliphatic rings. The fourth-order valence-electron chi connectivity index (χ4n) is 4.66. The highest BCUT2D eigenvalue weighted by Gasteiger charge is 2.38. The normalized spacial score (nSPS) is 16.1. The molecule has 0 radical (unpaired) electrons. The van der Waals surface area contributed by atoms with Crippen molar-refractivity contribution in [3.8, 4) is 18.3 Å². The number of hydrogen-bond acceptors (Lipinski definition) is 17. The van der Waals surface area contributed by atoms with Gasteiger partial charge in [0.05, 0.1) is 12.6 Å².